The van der Waals surface area contributed by atoms with Gasteiger partial charge >= 0.3 is 0 Å². The first kappa shape index (κ1) is 13.8. The molecule has 19 heavy (non-hydrogen) atoms. The average molecular weight is 279 g/mol. The Morgan fingerprint density at radius 2 is 1.68 bits per heavy atom. The van der Waals surface area contributed by atoms with E-state index in [2.05, 4.69) is 6.58 Å². The zero-order valence-electron chi connectivity index (χ0n) is 10.9. The molecular weight excluding hydrogens is 262 g/mol. The van der Waals surface area contributed by atoms with Crippen molar-refractivity contribution in [3.8, 4) is 0 Å². The second-order valence-corrected chi connectivity index (χ2v) is 6.54. The fourth-order valence-corrected chi connectivity index (χ4v) is 3.59. The van der Waals surface area contributed by atoms with Crippen molar-refractivity contribution < 1.29 is 13.2 Å². The van der Waals surface area contributed by atoms with Crippen LogP contribution in [-0.4, -0.2) is 18.6 Å². The fourth-order valence-electron chi connectivity index (χ4n) is 2.10. The van der Waals surface area contributed by atoms with Gasteiger partial charge in [0.25, 0.3) is 10.0 Å². The first-order valence-electron chi connectivity index (χ1n) is 6.25. The summed E-state index contributed by atoms with van der Waals surface area (Å²) in [6.07, 6.45) is 2.29. The van der Waals surface area contributed by atoms with Crippen molar-refractivity contribution in [1.82, 2.24) is 4.31 Å². The number of sulfonamides is 1. The molecule has 1 aromatic rings. The van der Waals surface area contributed by atoms with Gasteiger partial charge in [0.2, 0.25) is 5.91 Å². The van der Waals surface area contributed by atoms with Crippen LogP contribution in [0.5, 0.6) is 0 Å². The molecule has 1 aliphatic heterocycles. The van der Waals surface area contributed by atoms with Crippen LogP contribution in [0.3, 0.4) is 0 Å². The van der Waals surface area contributed by atoms with E-state index in [0.29, 0.717) is 18.5 Å². The van der Waals surface area contributed by atoms with Crippen molar-refractivity contribution in [2.45, 2.75) is 37.5 Å². The van der Waals surface area contributed by atoms with E-state index < -0.39 is 10.0 Å². The quantitative estimate of drug-likeness (QED) is 0.836. The van der Waals surface area contributed by atoms with E-state index in [1.165, 1.54) is 12.1 Å². The number of nitrogens with zero attached hydrogens (tertiary/aromatic N) is 1. The molecule has 0 spiro atoms. The summed E-state index contributed by atoms with van der Waals surface area (Å²) in [6.45, 7) is 5.62. The summed E-state index contributed by atoms with van der Waals surface area (Å²) in [7, 11) is -3.82. The minimum atomic E-state index is -3.82. The number of amides is 1. The molecule has 0 unspecified atom stereocenters. The number of aryl methyl sites for hydroxylation is 1. The van der Waals surface area contributed by atoms with Gasteiger partial charge in [0.15, 0.2) is 0 Å². The number of carbonyl (C=O) groups excluding carboxylic acids is 1. The standard InChI is InChI=1S/C14H17NO3S/c1-11-7-9-13(10-8-11)19(17,18)15-12(2)5-3-4-6-14(15)16/h7-10H,2-6H2,1H3. The molecule has 0 saturated carbocycles. The molecule has 2 rings (SSSR count). The highest BCUT2D eigenvalue weighted by Gasteiger charge is 2.32. The smallest absolute Gasteiger partial charge is 0.270 e. The van der Waals surface area contributed by atoms with E-state index in [4.69, 9.17) is 0 Å². The minimum absolute atomic E-state index is 0.134. The summed E-state index contributed by atoms with van der Waals surface area (Å²) < 4.78 is 25.9. The summed E-state index contributed by atoms with van der Waals surface area (Å²) in [5.41, 5.74) is 1.34. The van der Waals surface area contributed by atoms with Crippen molar-refractivity contribution in [3.63, 3.8) is 0 Å². The minimum Gasteiger partial charge on any atom is -0.273 e. The van der Waals surface area contributed by atoms with Crippen molar-refractivity contribution in [1.29, 1.82) is 0 Å². The number of allylic oxidation sites excluding steroid dienone is 1. The lowest BCUT2D eigenvalue weighted by atomic mass is 10.2. The Morgan fingerprint density at radius 1 is 1.11 bits per heavy atom. The van der Waals surface area contributed by atoms with Crippen molar-refractivity contribution in [3.05, 3.63) is 42.1 Å². The van der Waals surface area contributed by atoms with Crippen molar-refractivity contribution in [2.24, 2.45) is 0 Å². The molecule has 0 bridgehead atoms. The van der Waals surface area contributed by atoms with Gasteiger partial charge in [-0.05, 0) is 38.3 Å². The monoisotopic (exact) mass is 279 g/mol. The molecular formula is C14H17NO3S. The molecule has 0 aromatic heterocycles. The molecule has 5 heteroatoms. The molecule has 4 nitrogen and oxygen atoms in total. The summed E-state index contributed by atoms with van der Waals surface area (Å²) in [5.74, 6) is -0.386. The van der Waals surface area contributed by atoms with E-state index in [1.807, 2.05) is 6.92 Å². The van der Waals surface area contributed by atoms with Crippen LogP contribution in [0.2, 0.25) is 0 Å². The van der Waals surface area contributed by atoms with Gasteiger partial charge in [-0.2, -0.15) is 0 Å². The van der Waals surface area contributed by atoms with Gasteiger partial charge in [0.05, 0.1) is 4.90 Å². The van der Waals surface area contributed by atoms with Crippen LogP contribution >= 0.6 is 0 Å². The second kappa shape index (κ2) is 5.17. The molecule has 1 aromatic carbocycles. The van der Waals surface area contributed by atoms with Crippen molar-refractivity contribution >= 4 is 15.9 Å². The largest absolute Gasteiger partial charge is 0.273 e. The van der Waals surface area contributed by atoms with Crippen LogP contribution in [0, 0.1) is 6.92 Å². The first-order valence-corrected chi connectivity index (χ1v) is 7.69. The Morgan fingerprint density at radius 3 is 2.32 bits per heavy atom. The third-order valence-corrected chi connectivity index (χ3v) is 4.99. The molecule has 1 fully saturated rings. The summed E-state index contributed by atoms with van der Waals surface area (Å²) >= 11 is 0. The summed E-state index contributed by atoms with van der Waals surface area (Å²) in [6, 6.07) is 6.49. The normalized spacial score (nSPS) is 17.4. The molecule has 1 heterocycles. The lowest BCUT2D eigenvalue weighted by Gasteiger charge is -2.22. The summed E-state index contributed by atoms with van der Waals surface area (Å²) in [5, 5.41) is 0. The van der Waals surface area contributed by atoms with E-state index in [0.717, 1.165) is 16.3 Å². The van der Waals surface area contributed by atoms with E-state index in [1.54, 1.807) is 12.1 Å². The van der Waals surface area contributed by atoms with Gasteiger partial charge < -0.3 is 0 Å². The van der Waals surface area contributed by atoms with Gasteiger partial charge in [-0.1, -0.05) is 24.3 Å². The Labute approximate surface area is 113 Å². The zero-order chi connectivity index (χ0) is 14.0. The van der Waals surface area contributed by atoms with Crippen LogP contribution in [-0.2, 0) is 14.8 Å². The Kier molecular flexibility index (Phi) is 3.75. The molecule has 0 N–H and O–H groups in total. The molecule has 0 atom stereocenters. The highest BCUT2D eigenvalue weighted by molar-refractivity contribution is 7.89. The fraction of sp³-hybridized carbons (Fsp3) is 0.357. The first-order chi connectivity index (χ1) is 8.93. The van der Waals surface area contributed by atoms with Crippen LogP contribution < -0.4 is 0 Å². The van der Waals surface area contributed by atoms with Gasteiger partial charge in [0.1, 0.15) is 0 Å². The number of benzene rings is 1. The van der Waals surface area contributed by atoms with Crippen LogP contribution in [0.1, 0.15) is 31.2 Å². The van der Waals surface area contributed by atoms with Crippen LogP contribution in [0.4, 0.5) is 0 Å². The zero-order valence-corrected chi connectivity index (χ0v) is 11.7. The maximum Gasteiger partial charge on any atom is 0.270 e. The van der Waals surface area contributed by atoms with Crippen LogP contribution in [0.25, 0.3) is 0 Å². The number of carbonyl (C=O) groups is 1. The van der Waals surface area contributed by atoms with E-state index in [9.17, 15) is 13.2 Å². The Balaban J connectivity index is 2.44. The van der Waals surface area contributed by atoms with Gasteiger partial charge in [-0.15, -0.1) is 0 Å². The predicted molar refractivity (Wildman–Crippen MR) is 72.8 cm³/mol. The Bertz CT molecular complexity index is 584. The van der Waals surface area contributed by atoms with E-state index in [-0.39, 0.29) is 17.2 Å². The molecule has 1 saturated heterocycles. The maximum atomic E-state index is 12.5. The third-order valence-electron chi connectivity index (χ3n) is 3.18. The maximum absolute atomic E-state index is 12.5. The molecule has 1 aliphatic rings. The number of hydrogen-bond donors (Lipinski definition) is 0. The SMILES string of the molecule is C=C1CCCCC(=O)N1S(=O)(=O)c1ccc(C)cc1. The van der Waals surface area contributed by atoms with Gasteiger partial charge in [-0.3, -0.25) is 4.79 Å². The molecule has 1 amide bonds. The Hall–Kier alpha value is -1.62. The molecule has 0 aliphatic carbocycles. The third kappa shape index (κ3) is 2.71. The van der Waals surface area contributed by atoms with Crippen molar-refractivity contribution in [2.75, 3.05) is 0 Å². The number of hydrogen-bond acceptors (Lipinski definition) is 3. The molecule has 102 valence electrons. The number of rotatable bonds is 2. The lowest BCUT2D eigenvalue weighted by Crippen LogP contribution is -2.34. The lowest BCUT2D eigenvalue weighted by molar-refractivity contribution is -0.124. The highest BCUT2D eigenvalue weighted by atomic mass is 32.2. The topological polar surface area (TPSA) is 54.5 Å². The van der Waals surface area contributed by atoms with E-state index >= 15 is 0 Å². The van der Waals surface area contributed by atoms with Gasteiger partial charge in [0, 0.05) is 12.1 Å². The summed E-state index contributed by atoms with van der Waals surface area (Å²) in [4.78, 5) is 12.1. The molecule has 0 radical (unpaired) electrons. The highest BCUT2D eigenvalue weighted by Crippen LogP contribution is 2.27. The predicted octanol–water partition coefficient (Wildman–Crippen LogP) is 2.60. The van der Waals surface area contributed by atoms with Gasteiger partial charge in [-0.25, -0.2) is 12.7 Å². The van der Waals surface area contributed by atoms with Crippen LogP contribution in [0.15, 0.2) is 41.4 Å². The average Bonchev–Trinajstić information content (AvgIpc) is 2.51. The second-order valence-electron chi connectivity index (χ2n) is 4.75.